The standard InChI is InChI=1S/C15H22N2O/c1-11-6-7-14(12(2)10-11)16-15(18)13(3)17-8-4-5-9-17/h6-7,10,13H,4-5,8-9H2,1-3H3,(H,16,18)/t13-/m0/s1. The molecule has 1 aliphatic rings. The largest absolute Gasteiger partial charge is 0.324 e. The molecule has 1 saturated heterocycles. The lowest BCUT2D eigenvalue weighted by atomic mass is 10.1. The van der Waals surface area contributed by atoms with Gasteiger partial charge >= 0.3 is 0 Å². The highest BCUT2D eigenvalue weighted by atomic mass is 16.2. The summed E-state index contributed by atoms with van der Waals surface area (Å²) in [6.07, 6.45) is 2.42. The van der Waals surface area contributed by atoms with Gasteiger partial charge < -0.3 is 5.32 Å². The molecule has 0 radical (unpaired) electrons. The average Bonchev–Trinajstić information content (AvgIpc) is 2.85. The van der Waals surface area contributed by atoms with Crippen LogP contribution in [0.15, 0.2) is 18.2 Å². The Balaban J connectivity index is 2.01. The van der Waals surface area contributed by atoms with E-state index in [1.54, 1.807) is 0 Å². The van der Waals surface area contributed by atoms with Crippen LogP contribution in [0, 0.1) is 13.8 Å². The van der Waals surface area contributed by atoms with E-state index in [0.29, 0.717) is 0 Å². The third kappa shape index (κ3) is 2.91. The van der Waals surface area contributed by atoms with Gasteiger partial charge in [0.15, 0.2) is 0 Å². The van der Waals surface area contributed by atoms with Crippen LogP contribution in [0.4, 0.5) is 5.69 Å². The van der Waals surface area contributed by atoms with Gasteiger partial charge in [-0.2, -0.15) is 0 Å². The van der Waals surface area contributed by atoms with Crippen molar-refractivity contribution < 1.29 is 4.79 Å². The first kappa shape index (κ1) is 13.1. The summed E-state index contributed by atoms with van der Waals surface area (Å²) in [5.74, 6) is 0.101. The Kier molecular flexibility index (Phi) is 4.02. The minimum Gasteiger partial charge on any atom is -0.324 e. The van der Waals surface area contributed by atoms with Crippen LogP contribution < -0.4 is 5.32 Å². The summed E-state index contributed by atoms with van der Waals surface area (Å²) in [4.78, 5) is 14.4. The molecular formula is C15H22N2O. The predicted octanol–water partition coefficient (Wildman–Crippen LogP) is 2.73. The van der Waals surface area contributed by atoms with Gasteiger partial charge in [0, 0.05) is 5.69 Å². The first-order chi connectivity index (χ1) is 8.58. The molecule has 1 atom stereocenters. The molecule has 1 heterocycles. The molecule has 0 bridgehead atoms. The van der Waals surface area contributed by atoms with Crippen molar-refractivity contribution in [3.05, 3.63) is 29.3 Å². The van der Waals surface area contributed by atoms with E-state index in [0.717, 1.165) is 24.3 Å². The predicted molar refractivity (Wildman–Crippen MR) is 74.8 cm³/mol. The summed E-state index contributed by atoms with van der Waals surface area (Å²) in [6, 6.07) is 6.08. The van der Waals surface area contributed by atoms with Gasteiger partial charge in [-0.3, -0.25) is 9.69 Å². The van der Waals surface area contributed by atoms with Crippen molar-refractivity contribution in [1.29, 1.82) is 0 Å². The quantitative estimate of drug-likeness (QED) is 0.889. The number of anilines is 1. The van der Waals surface area contributed by atoms with Gasteiger partial charge in [-0.1, -0.05) is 17.7 Å². The lowest BCUT2D eigenvalue weighted by Gasteiger charge is -2.23. The zero-order valence-corrected chi connectivity index (χ0v) is 11.5. The van der Waals surface area contributed by atoms with Crippen molar-refractivity contribution in [3.63, 3.8) is 0 Å². The van der Waals surface area contributed by atoms with Crippen LogP contribution in [0.25, 0.3) is 0 Å². The van der Waals surface area contributed by atoms with E-state index in [2.05, 4.69) is 23.2 Å². The van der Waals surface area contributed by atoms with E-state index in [1.165, 1.54) is 18.4 Å². The molecule has 1 fully saturated rings. The number of carbonyl (C=O) groups excluding carboxylic acids is 1. The lowest BCUT2D eigenvalue weighted by molar-refractivity contribution is -0.120. The molecule has 1 amide bonds. The molecule has 1 aliphatic heterocycles. The fraction of sp³-hybridized carbons (Fsp3) is 0.533. The second-order valence-electron chi connectivity index (χ2n) is 5.23. The number of hydrogen-bond acceptors (Lipinski definition) is 2. The molecular weight excluding hydrogens is 224 g/mol. The maximum atomic E-state index is 12.2. The SMILES string of the molecule is Cc1ccc(NC(=O)[C@H](C)N2CCCC2)c(C)c1. The number of carbonyl (C=O) groups is 1. The zero-order chi connectivity index (χ0) is 13.1. The minimum absolute atomic E-state index is 0.0341. The molecule has 0 aromatic heterocycles. The van der Waals surface area contributed by atoms with Gasteiger partial charge in [0.2, 0.25) is 5.91 Å². The molecule has 3 nitrogen and oxygen atoms in total. The highest BCUT2D eigenvalue weighted by Gasteiger charge is 2.24. The number of benzene rings is 1. The Morgan fingerprint density at radius 3 is 2.56 bits per heavy atom. The molecule has 0 spiro atoms. The molecule has 18 heavy (non-hydrogen) atoms. The number of nitrogens with zero attached hydrogens (tertiary/aromatic N) is 1. The second-order valence-corrected chi connectivity index (χ2v) is 5.23. The monoisotopic (exact) mass is 246 g/mol. The van der Waals surface area contributed by atoms with Gasteiger partial charge in [-0.25, -0.2) is 0 Å². The Morgan fingerprint density at radius 1 is 1.28 bits per heavy atom. The summed E-state index contributed by atoms with van der Waals surface area (Å²) in [7, 11) is 0. The fourth-order valence-corrected chi connectivity index (χ4v) is 2.49. The molecule has 98 valence electrons. The molecule has 1 aromatic carbocycles. The lowest BCUT2D eigenvalue weighted by Crippen LogP contribution is -2.40. The zero-order valence-electron chi connectivity index (χ0n) is 11.5. The van der Waals surface area contributed by atoms with Crippen molar-refractivity contribution in [2.75, 3.05) is 18.4 Å². The van der Waals surface area contributed by atoms with Gasteiger partial charge in [-0.15, -0.1) is 0 Å². The molecule has 0 unspecified atom stereocenters. The molecule has 3 heteroatoms. The molecule has 1 aromatic rings. The number of aryl methyl sites for hydroxylation is 2. The summed E-state index contributed by atoms with van der Waals surface area (Å²) in [5.41, 5.74) is 3.27. The van der Waals surface area contributed by atoms with Gasteiger partial charge in [0.1, 0.15) is 0 Å². The topological polar surface area (TPSA) is 32.3 Å². The number of amides is 1. The van der Waals surface area contributed by atoms with Crippen molar-refractivity contribution in [2.24, 2.45) is 0 Å². The third-order valence-corrected chi connectivity index (χ3v) is 3.71. The number of nitrogens with one attached hydrogen (secondary N) is 1. The van der Waals surface area contributed by atoms with Crippen LogP contribution in [-0.2, 0) is 4.79 Å². The number of hydrogen-bond donors (Lipinski definition) is 1. The van der Waals surface area contributed by atoms with Crippen molar-refractivity contribution in [3.8, 4) is 0 Å². The van der Waals surface area contributed by atoms with Gasteiger partial charge in [0.25, 0.3) is 0 Å². The van der Waals surface area contributed by atoms with E-state index in [4.69, 9.17) is 0 Å². The van der Waals surface area contributed by atoms with Crippen LogP contribution in [0.3, 0.4) is 0 Å². The first-order valence-corrected chi connectivity index (χ1v) is 6.70. The van der Waals surface area contributed by atoms with Crippen LogP contribution in [0.1, 0.15) is 30.9 Å². The van der Waals surface area contributed by atoms with E-state index in [1.807, 2.05) is 26.0 Å². The highest BCUT2D eigenvalue weighted by Crippen LogP contribution is 2.18. The van der Waals surface area contributed by atoms with Crippen molar-refractivity contribution in [2.45, 2.75) is 39.7 Å². The molecule has 2 rings (SSSR count). The molecule has 0 saturated carbocycles. The Labute approximate surface area is 109 Å². The van der Waals surface area contributed by atoms with E-state index < -0.39 is 0 Å². The Hall–Kier alpha value is -1.35. The number of likely N-dealkylation sites (tertiary alicyclic amines) is 1. The second kappa shape index (κ2) is 5.53. The third-order valence-electron chi connectivity index (χ3n) is 3.71. The maximum absolute atomic E-state index is 12.2. The smallest absolute Gasteiger partial charge is 0.241 e. The van der Waals surface area contributed by atoms with Crippen molar-refractivity contribution in [1.82, 2.24) is 4.90 Å². The Bertz CT molecular complexity index is 436. The fourth-order valence-electron chi connectivity index (χ4n) is 2.49. The summed E-state index contributed by atoms with van der Waals surface area (Å²) in [5, 5.41) is 3.03. The molecule has 0 aliphatic carbocycles. The normalized spacial score (nSPS) is 17.7. The van der Waals surface area contributed by atoms with E-state index in [9.17, 15) is 4.79 Å². The van der Waals surface area contributed by atoms with Crippen molar-refractivity contribution >= 4 is 11.6 Å². The molecule has 1 N–H and O–H groups in total. The minimum atomic E-state index is -0.0341. The van der Waals surface area contributed by atoms with Crippen LogP contribution in [0.2, 0.25) is 0 Å². The first-order valence-electron chi connectivity index (χ1n) is 6.70. The van der Waals surface area contributed by atoms with Gasteiger partial charge in [-0.05, 0) is 58.3 Å². The summed E-state index contributed by atoms with van der Waals surface area (Å²) in [6.45, 7) is 8.17. The van der Waals surface area contributed by atoms with E-state index >= 15 is 0 Å². The highest BCUT2D eigenvalue weighted by molar-refractivity contribution is 5.95. The maximum Gasteiger partial charge on any atom is 0.241 e. The van der Waals surface area contributed by atoms with Crippen LogP contribution in [-0.4, -0.2) is 29.9 Å². The van der Waals surface area contributed by atoms with Crippen LogP contribution in [0.5, 0.6) is 0 Å². The Morgan fingerprint density at radius 2 is 1.94 bits per heavy atom. The summed E-state index contributed by atoms with van der Waals surface area (Å²) < 4.78 is 0. The van der Waals surface area contributed by atoms with E-state index in [-0.39, 0.29) is 11.9 Å². The average molecular weight is 246 g/mol. The van der Waals surface area contributed by atoms with Crippen LogP contribution >= 0.6 is 0 Å². The number of rotatable bonds is 3. The van der Waals surface area contributed by atoms with Gasteiger partial charge in [0.05, 0.1) is 6.04 Å². The summed E-state index contributed by atoms with van der Waals surface area (Å²) >= 11 is 0.